The molecule has 0 fully saturated rings. The van der Waals surface area contributed by atoms with Crippen LogP contribution >= 0.6 is 11.3 Å². The normalized spacial score (nSPS) is 11.5. The monoisotopic (exact) mass is 430 g/mol. The fourth-order valence-electron chi connectivity index (χ4n) is 3.41. The molecule has 0 aliphatic rings. The van der Waals surface area contributed by atoms with E-state index in [1.807, 2.05) is 85.8 Å². The van der Waals surface area contributed by atoms with E-state index in [2.05, 4.69) is 5.32 Å². The maximum atomic E-state index is 13.2. The fourth-order valence-corrected chi connectivity index (χ4v) is 4.40. The molecule has 0 saturated heterocycles. The minimum Gasteiger partial charge on any atom is -0.497 e. The Morgan fingerprint density at radius 1 is 1.06 bits per heavy atom. The Morgan fingerprint density at radius 2 is 1.81 bits per heavy atom. The van der Waals surface area contributed by atoms with E-state index in [1.54, 1.807) is 11.7 Å². The molecule has 0 radical (unpaired) electrons. The number of hydrogen-bond donors (Lipinski definition) is 1. The highest BCUT2D eigenvalue weighted by molar-refractivity contribution is 7.16. The van der Waals surface area contributed by atoms with Gasteiger partial charge in [0.2, 0.25) is 0 Å². The van der Waals surface area contributed by atoms with E-state index < -0.39 is 0 Å². The van der Waals surface area contributed by atoms with Gasteiger partial charge in [0.15, 0.2) is 0 Å². The highest BCUT2D eigenvalue weighted by Gasteiger charge is 2.14. The number of hydrogen-bond acceptors (Lipinski definition) is 4. The van der Waals surface area contributed by atoms with Gasteiger partial charge >= 0.3 is 4.87 Å². The Balaban J connectivity index is 1.68. The van der Waals surface area contributed by atoms with Gasteiger partial charge in [-0.15, -0.1) is 0 Å². The number of rotatable bonds is 6. The number of carbonyl (C=O) groups is 1. The van der Waals surface area contributed by atoms with E-state index in [0.29, 0.717) is 17.8 Å². The van der Waals surface area contributed by atoms with Crippen LogP contribution in [0.1, 0.15) is 18.1 Å². The molecule has 0 atom stereocenters. The highest BCUT2D eigenvalue weighted by atomic mass is 32.1. The van der Waals surface area contributed by atoms with Crippen LogP contribution < -0.4 is 14.9 Å². The summed E-state index contributed by atoms with van der Waals surface area (Å²) in [5.74, 6) is 0.540. The van der Waals surface area contributed by atoms with E-state index in [4.69, 9.17) is 4.74 Å². The number of thiazole rings is 1. The number of fused-ring (bicyclic) bond motifs is 1. The summed E-state index contributed by atoms with van der Waals surface area (Å²) in [6.45, 7) is 2.56. The fraction of sp³-hybridized carbons (Fsp3) is 0.120. The maximum absolute atomic E-state index is 13.2. The first kappa shape index (κ1) is 20.6. The quantitative estimate of drug-likeness (QED) is 0.335. The summed E-state index contributed by atoms with van der Waals surface area (Å²) < 4.78 is 7.79. The van der Waals surface area contributed by atoms with Crippen molar-refractivity contribution in [1.82, 2.24) is 4.57 Å². The average Bonchev–Trinajstić information content (AvgIpc) is 3.12. The first-order chi connectivity index (χ1) is 15.1. The van der Waals surface area contributed by atoms with Gasteiger partial charge in [-0.25, -0.2) is 0 Å². The van der Waals surface area contributed by atoms with Crippen molar-refractivity contribution in [3.8, 4) is 5.75 Å². The Kier molecular flexibility index (Phi) is 6.00. The molecule has 1 heterocycles. The van der Waals surface area contributed by atoms with Crippen LogP contribution in [0.3, 0.4) is 0 Å². The van der Waals surface area contributed by atoms with Gasteiger partial charge < -0.3 is 10.1 Å². The van der Waals surface area contributed by atoms with E-state index in [9.17, 15) is 9.59 Å². The lowest BCUT2D eigenvalue weighted by molar-refractivity contribution is -0.111. The molecule has 0 spiro atoms. The van der Waals surface area contributed by atoms with E-state index in [1.165, 1.54) is 11.3 Å². The van der Waals surface area contributed by atoms with Gasteiger partial charge in [0.05, 0.1) is 17.3 Å². The maximum Gasteiger partial charge on any atom is 0.308 e. The van der Waals surface area contributed by atoms with Gasteiger partial charge in [-0.1, -0.05) is 53.8 Å². The second-order valence-electron chi connectivity index (χ2n) is 6.95. The number of nitrogens with one attached hydrogen (secondary N) is 1. The highest BCUT2D eigenvalue weighted by Crippen LogP contribution is 2.25. The summed E-state index contributed by atoms with van der Waals surface area (Å²) in [5, 5.41) is 2.99. The molecular weight excluding hydrogens is 408 g/mol. The lowest BCUT2D eigenvalue weighted by Crippen LogP contribution is -2.13. The van der Waals surface area contributed by atoms with Crippen molar-refractivity contribution in [2.24, 2.45) is 0 Å². The van der Waals surface area contributed by atoms with Crippen molar-refractivity contribution in [1.29, 1.82) is 0 Å². The largest absolute Gasteiger partial charge is 0.497 e. The summed E-state index contributed by atoms with van der Waals surface area (Å²) >= 11 is 1.19. The molecule has 156 valence electrons. The summed E-state index contributed by atoms with van der Waals surface area (Å²) in [5.41, 5.74) is 3.79. The van der Waals surface area contributed by atoms with Crippen LogP contribution in [0.15, 0.2) is 77.6 Å². The zero-order valence-corrected chi connectivity index (χ0v) is 18.1. The molecule has 1 aromatic heterocycles. The van der Waals surface area contributed by atoms with E-state index >= 15 is 0 Å². The number of benzene rings is 3. The molecule has 0 saturated carbocycles. The topological polar surface area (TPSA) is 60.3 Å². The number of aromatic nitrogens is 1. The first-order valence-electron chi connectivity index (χ1n) is 9.95. The van der Waals surface area contributed by atoms with Crippen LogP contribution in [0, 0.1) is 0 Å². The standard InChI is InChI=1S/C25H22N2O3S/c1-3-27-22-14-11-19(16-23(22)31-25(27)29)26-24(28)21(18-7-5-4-6-8-18)15-17-9-12-20(30-2)13-10-17/h4-16H,3H2,1-2H3,(H,26,28)/b21-15+. The predicted octanol–water partition coefficient (Wildman–Crippen LogP) is 5.27. The number of nitrogens with zero attached hydrogens (tertiary/aromatic N) is 1. The molecule has 1 N–H and O–H groups in total. The van der Waals surface area contributed by atoms with Crippen LogP contribution in [0.25, 0.3) is 21.9 Å². The molecule has 4 rings (SSSR count). The summed E-state index contributed by atoms with van der Waals surface area (Å²) in [7, 11) is 1.62. The molecule has 0 bridgehead atoms. The zero-order chi connectivity index (χ0) is 21.8. The lowest BCUT2D eigenvalue weighted by atomic mass is 10.0. The zero-order valence-electron chi connectivity index (χ0n) is 17.3. The van der Waals surface area contributed by atoms with Gasteiger partial charge in [-0.05, 0) is 54.5 Å². The second-order valence-corrected chi connectivity index (χ2v) is 7.94. The lowest BCUT2D eigenvalue weighted by Gasteiger charge is -2.10. The third kappa shape index (κ3) is 4.44. The first-order valence-corrected chi connectivity index (χ1v) is 10.8. The van der Waals surface area contributed by atoms with Crippen LogP contribution in [-0.2, 0) is 11.3 Å². The van der Waals surface area contributed by atoms with Gasteiger partial charge in [0.1, 0.15) is 5.75 Å². The van der Waals surface area contributed by atoms with Gasteiger partial charge in [0, 0.05) is 17.8 Å². The van der Waals surface area contributed by atoms with E-state index in [-0.39, 0.29) is 10.8 Å². The molecule has 1 amide bonds. The number of anilines is 1. The van der Waals surface area contributed by atoms with Gasteiger partial charge in [-0.3, -0.25) is 14.2 Å². The van der Waals surface area contributed by atoms with Crippen molar-refractivity contribution in [3.05, 3.63) is 93.6 Å². The third-order valence-electron chi connectivity index (χ3n) is 5.00. The van der Waals surface area contributed by atoms with E-state index in [0.717, 1.165) is 27.1 Å². The number of amides is 1. The smallest absolute Gasteiger partial charge is 0.308 e. The van der Waals surface area contributed by atoms with Crippen LogP contribution in [0.4, 0.5) is 5.69 Å². The van der Waals surface area contributed by atoms with Gasteiger partial charge in [0.25, 0.3) is 5.91 Å². The molecule has 0 aliphatic carbocycles. The molecule has 4 aromatic rings. The Morgan fingerprint density at radius 3 is 2.48 bits per heavy atom. The Hall–Kier alpha value is -3.64. The predicted molar refractivity (Wildman–Crippen MR) is 128 cm³/mol. The van der Waals surface area contributed by atoms with Crippen LogP contribution in [0.5, 0.6) is 5.75 Å². The average molecular weight is 431 g/mol. The third-order valence-corrected chi connectivity index (χ3v) is 5.94. The van der Waals surface area contributed by atoms with Crippen molar-refractivity contribution < 1.29 is 9.53 Å². The molecule has 31 heavy (non-hydrogen) atoms. The number of methoxy groups -OCH3 is 1. The molecule has 0 aliphatic heterocycles. The van der Waals surface area contributed by atoms with Crippen molar-refractivity contribution in [2.45, 2.75) is 13.5 Å². The summed E-state index contributed by atoms with van der Waals surface area (Å²) in [6.07, 6.45) is 1.86. The SMILES string of the molecule is CCn1c(=O)sc2cc(NC(=O)/C(=C/c3ccc(OC)cc3)c3ccccc3)ccc21. The van der Waals surface area contributed by atoms with Crippen molar-refractivity contribution in [3.63, 3.8) is 0 Å². The number of ether oxygens (including phenoxy) is 1. The summed E-state index contributed by atoms with van der Waals surface area (Å²) in [6, 6.07) is 22.6. The molecular formula is C25H22N2O3S. The summed E-state index contributed by atoms with van der Waals surface area (Å²) in [4.78, 5) is 25.4. The van der Waals surface area contributed by atoms with Crippen LogP contribution in [0.2, 0.25) is 0 Å². The molecule has 3 aromatic carbocycles. The second kappa shape index (κ2) is 9.02. The Bertz CT molecular complexity index is 1300. The van der Waals surface area contributed by atoms with Crippen molar-refractivity contribution in [2.75, 3.05) is 12.4 Å². The molecule has 0 unspecified atom stereocenters. The molecule has 5 nitrogen and oxygen atoms in total. The molecule has 6 heteroatoms. The minimum absolute atomic E-state index is 0.00496. The number of carbonyl (C=O) groups excluding carboxylic acids is 1. The van der Waals surface area contributed by atoms with Crippen LogP contribution in [-0.4, -0.2) is 17.6 Å². The minimum atomic E-state index is -0.219. The number of aryl methyl sites for hydroxylation is 1. The van der Waals surface area contributed by atoms with Gasteiger partial charge in [-0.2, -0.15) is 0 Å². The van der Waals surface area contributed by atoms with Crippen molar-refractivity contribution >= 4 is 44.8 Å². The Labute approximate surface area is 184 Å².